The summed E-state index contributed by atoms with van der Waals surface area (Å²) in [5, 5.41) is 8.87. The van der Waals surface area contributed by atoms with E-state index in [-0.39, 0.29) is 0 Å². The Kier molecular flexibility index (Phi) is 4.20. The maximum Gasteiger partial charge on any atom is 0.376 e. The molecule has 1 aromatic carbocycles. The number of methoxy groups -OCH3 is 1. The van der Waals surface area contributed by atoms with Gasteiger partial charge < -0.3 is 4.74 Å². The number of carbonyl (C=O) groups excluding carboxylic acids is 2. The van der Waals surface area contributed by atoms with E-state index in [1.54, 1.807) is 30.3 Å². The third kappa shape index (κ3) is 2.67. The number of hydrogen-bond donors (Lipinski definition) is 0. The molecule has 1 unspecified atom stereocenters. The van der Waals surface area contributed by atoms with Crippen LogP contribution in [0.3, 0.4) is 0 Å². The van der Waals surface area contributed by atoms with Crippen LogP contribution in [0.1, 0.15) is 11.5 Å². The van der Waals surface area contributed by atoms with Crippen molar-refractivity contribution in [2.45, 2.75) is 5.92 Å². The summed E-state index contributed by atoms with van der Waals surface area (Å²) in [6.45, 7) is 0. The predicted octanol–water partition coefficient (Wildman–Crippen LogP) is 1.80. The van der Waals surface area contributed by atoms with E-state index < -0.39 is 17.7 Å². The number of ether oxygens (including phenoxy) is 1. The molecule has 0 fully saturated rings. The zero-order valence-corrected chi connectivity index (χ0v) is 10.0. The first kappa shape index (κ1) is 12.4. The third-order valence-electron chi connectivity index (χ3n) is 1.98. The molecule has 4 nitrogen and oxygen atoms in total. The van der Waals surface area contributed by atoms with Gasteiger partial charge in [-0.05, 0) is 17.7 Å². The van der Waals surface area contributed by atoms with Gasteiger partial charge >= 0.3 is 5.97 Å². The van der Waals surface area contributed by atoms with Crippen molar-refractivity contribution >= 4 is 27.7 Å². The Morgan fingerprint density at radius 3 is 2.38 bits per heavy atom. The van der Waals surface area contributed by atoms with Gasteiger partial charge in [-0.25, -0.2) is 4.79 Å². The van der Waals surface area contributed by atoms with Crippen molar-refractivity contribution < 1.29 is 14.3 Å². The first-order valence-corrected chi connectivity index (χ1v) is 5.16. The van der Waals surface area contributed by atoms with Gasteiger partial charge in [-0.1, -0.05) is 28.1 Å². The molecule has 0 aliphatic rings. The molecule has 82 valence electrons. The van der Waals surface area contributed by atoms with Crippen LogP contribution < -0.4 is 0 Å². The number of rotatable bonds is 3. The molecule has 0 heterocycles. The highest BCUT2D eigenvalue weighted by atomic mass is 79.9. The fourth-order valence-electron chi connectivity index (χ4n) is 1.16. The summed E-state index contributed by atoms with van der Waals surface area (Å²) < 4.78 is 5.12. The van der Waals surface area contributed by atoms with Crippen molar-refractivity contribution in [1.82, 2.24) is 0 Å². The molecule has 0 saturated carbocycles. The molecule has 1 atom stereocenters. The zero-order chi connectivity index (χ0) is 12.1. The van der Waals surface area contributed by atoms with E-state index in [0.717, 1.165) is 11.6 Å². The Labute approximate surface area is 101 Å². The van der Waals surface area contributed by atoms with Crippen molar-refractivity contribution in [1.29, 1.82) is 5.26 Å². The van der Waals surface area contributed by atoms with Gasteiger partial charge in [-0.15, -0.1) is 0 Å². The van der Waals surface area contributed by atoms with E-state index in [1.165, 1.54) is 0 Å². The second-order valence-corrected chi connectivity index (χ2v) is 3.89. The number of hydrogen-bond acceptors (Lipinski definition) is 4. The molecule has 0 saturated heterocycles. The lowest BCUT2D eigenvalue weighted by Gasteiger charge is -2.06. The molecule has 16 heavy (non-hydrogen) atoms. The van der Waals surface area contributed by atoms with Gasteiger partial charge in [0.25, 0.3) is 5.78 Å². The van der Waals surface area contributed by atoms with Crippen molar-refractivity contribution in [2.24, 2.45) is 0 Å². The topological polar surface area (TPSA) is 67.2 Å². The Balaban J connectivity index is 3.00. The van der Waals surface area contributed by atoms with Gasteiger partial charge in [0.1, 0.15) is 5.92 Å². The van der Waals surface area contributed by atoms with E-state index in [4.69, 9.17) is 5.26 Å². The van der Waals surface area contributed by atoms with Crippen LogP contribution in [0.15, 0.2) is 28.7 Å². The fraction of sp³-hybridized carbons (Fsp3) is 0.182. The molecule has 0 bridgehead atoms. The van der Waals surface area contributed by atoms with E-state index in [9.17, 15) is 9.59 Å². The third-order valence-corrected chi connectivity index (χ3v) is 2.51. The molecule has 5 heteroatoms. The minimum Gasteiger partial charge on any atom is -0.463 e. The average molecular weight is 282 g/mol. The Hall–Kier alpha value is -1.67. The van der Waals surface area contributed by atoms with Crippen molar-refractivity contribution in [3.05, 3.63) is 34.3 Å². The number of benzene rings is 1. The van der Waals surface area contributed by atoms with Crippen molar-refractivity contribution in [3.8, 4) is 6.07 Å². The normalized spacial score (nSPS) is 11.3. The van der Waals surface area contributed by atoms with Gasteiger partial charge in [0, 0.05) is 4.47 Å². The van der Waals surface area contributed by atoms with Gasteiger partial charge in [0.15, 0.2) is 0 Å². The molecule has 0 spiro atoms. The first-order chi connectivity index (χ1) is 7.60. The monoisotopic (exact) mass is 281 g/mol. The lowest BCUT2D eigenvalue weighted by Crippen LogP contribution is -2.22. The van der Waals surface area contributed by atoms with Crippen LogP contribution in [0.2, 0.25) is 0 Å². The van der Waals surface area contributed by atoms with Crippen LogP contribution in [-0.2, 0) is 14.3 Å². The standard InChI is InChI=1S/C11H8BrNO3/c1-16-11(15)10(14)9(6-13)7-2-4-8(12)5-3-7/h2-5,9H,1H3. The smallest absolute Gasteiger partial charge is 0.376 e. The van der Waals surface area contributed by atoms with Crippen LogP contribution in [0.4, 0.5) is 0 Å². The number of carbonyl (C=O) groups is 2. The molecule has 1 aromatic rings. The molecule has 0 amide bonds. The van der Waals surface area contributed by atoms with Crippen molar-refractivity contribution in [3.63, 3.8) is 0 Å². The molecule has 0 N–H and O–H groups in total. The highest BCUT2D eigenvalue weighted by Gasteiger charge is 2.27. The Bertz CT molecular complexity index is 447. The van der Waals surface area contributed by atoms with Crippen LogP contribution in [0.5, 0.6) is 0 Å². The lowest BCUT2D eigenvalue weighted by molar-refractivity contribution is -0.151. The maximum absolute atomic E-state index is 11.5. The number of ketones is 1. The lowest BCUT2D eigenvalue weighted by atomic mass is 9.96. The second kappa shape index (κ2) is 5.42. The average Bonchev–Trinajstić information content (AvgIpc) is 2.31. The molecule has 0 aromatic heterocycles. The second-order valence-electron chi connectivity index (χ2n) is 2.97. The van der Waals surface area contributed by atoms with E-state index >= 15 is 0 Å². The summed E-state index contributed by atoms with van der Waals surface area (Å²) in [4.78, 5) is 22.5. The molecule has 0 aliphatic carbocycles. The molecule has 1 rings (SSSR count). The summed E-state index contributed by atoms with van der Waals surface area (Å²) in [6.07, 6.45) is 0. The first-order valence-electron chi connectivity index (χ1n) is 4.37. The summed E-state index contributed by atoms with van der Waals surface area (Å²) in [7, 11) is 1.11. The number of Topliss-reactive ketones (excluding diaryl/α,β-unsaturated/α-hetero) is 1. The maximum atomic E-state index is 11.5. The van der Waals surface area contributed by atoms with E-state index in [1.807, 2.05) is 0 Å². The Morgan fingerprint density at radius 1 is 1.38 bits per heavy atom. The van der Waals surface area contributed by atoms with E-state index in [2.05, 4.69) is 20.7 Å². The van der Waals surface area contributed by atoms with Gasteiger partial charge in [-0.2, -0.15) is 5.26 Å². The van der Waals surface area contributed by atoms with Crippen LogP contribution >= 0.6 is 15.9 Å². The predicted molar refractivity (Wildman–Crippen MR) is 59.5 cm³/mol. The Morgan fingerprint density at radius 2 is 1.94 bits per heavy atom. The highest BCUT2D eigenvalue weighted by Crippen LogP contribution is 2.19. The highest BCUT2D eigenvalue weighted by molar-refractivity contribution is 9.10. The van der Waals surface area contributed by atoms with Gasteiger partial charge in [-0.3, -0.25) is 4.79 Å². The van der Waals surface area contributed by atoms with Gasteiger partial charge in [0.2, 0.25) is 0 Å². The van der Waals surface area contributed by atoms with Gasteiger partial charge in [0.05, 0.1) is 13.2 Å². The van der Waals surface area contributed by atoms with E-state index in [0.29, 0.717) is 5.56 Å². The number of halogens is 1. The minimum absolute atomic E-state index is 0.473. The number of nitrogens with zero attached hydrogens (tertiary/aromatic N) is 1. The molecule has 0 aliphatic heterocycles. The molecule has 0 radical (unpaired) electrons. The SMILES string of the molecule is COC(=O)C(=O)C(C#N)c1ccc(Br)cc1. The number of nitriles is 1. The largest absolute Gasteiger partial charge is 0.463 e. The fourth-order valence-corrected chi connectivity index (χ4v) is 1.42. The molecular formula is C11H8BrNO3. The summed E-state index contributed by atoms with van der Waals surface area (Å²) in [6, 6.07) is 8.40. The van der Waals surface area contributed by atoms with Crippen LogP contribution in [0, 0.1) is 11.3 Å². The molecular weight excluding hydrogens is 274 g/mol. The zero-order valence-electron chi connectivity index (χ0n) is 8.44. The van der Waals surface area contributed by atoms with Crippen LogP contribution in [-0.4, -0.2) is 18.9 Å². The summed E-state index contributed by atoms with van der Waals surface area (Å²) in [5.74, 6) is -2.97. The summed E-state index contributed by atoms with van der Waals surface area (Å²) in [5.41, 5.74) is 0.473. The van der Waals surface area contributed by atoms with Crippen LogP contribution in [0.25, 0.3) is 0 Å². The summed E-state index contributed by atoms with van der Waals surface area (Å²) >= 11 is 3.24. The number of esters is 1. The minimum atomic E-state index is -1.11. The van der Waals surface area contributed by atoms with Crippen molar-refractivity contribution in [2.75, 3.05) is 7.11 Å². The quantitative estimate of drug-likeness (QED) is 0.626.